The minimum atomic E-state index is 0. The first kappa shape index (κ1) is 69.5. The smallest absolute Gasteiger partial charge is 0 e. The molecule has 0 aliphatic carbocycles. The third-order valence-corrected chi connectivity index (χ3v) is 0. The van der Waals surface area contributed by atoms with Crippen molar-refractivity contribution in [3.8, 4) is 0 Å². The van der Waals surface area contributed by atoms with E-state index in [9.17, 15) is 0 Å². The average molecular weight is 285 g/mol. The molecule has 0 unspecified atom stereocenters. The van der Waals surface area contributed by atoms with E-state index in [2.05, 4.69) is 0 Å². The topological polar surface area (TPSA) is 0 Å². The third kappa shape index (κ3) is 11.2. The van der Waals surface area contributed by atoms with Crippen molar-refractivity contribution >= 4 is 8.41 Å². The molecule has 0 aliphatic heterocycles. The van der Waals surface area contributed by atoms with Crippen LogP contribution in [0.15, 0.2) is 0 Å². The van der Waals surface area contributed by atoms with Crippen molar-refractivity contribution in [3.05, 3.63) is 0 Å². The predicted molar refractivity (Wildman–Crippen MR) is 21.3 cm³/mol. The van der Waals surface area contributed by atoms with Crippen LogP contribution >= 0.6 is 0 Å². The Morgan fingerprint density at radius 2 is 1.00 bits per heavy atom. The predicted octanol–water partition coefficient (Wildman–Crippen LogP) is 1.14. The number of rotatable bonds is 0. The van der Waals surface area contributed by atoms with E-state index in [1.807, 2.05) is 0 Å². The van der Waals surface area contributed by atoms with Gasteiger partial charge in [0.05, 0.1) is 0 Å². The number of hydrogen-bond acceptors (Lipinski definition) is 0. The molecule has 0 saturated heterocycles. The van der Waals surface area contributed by atoms with Crippen LogP contribution in [0.25, 0.3) is 0 Å². The Bertz CT molecular complexity index is 9.61. The molecule has 4 heavy (non-hydrogen) atoms. The summed E-state index contributed by atoms with van der Waals surface area (Å²) in [6.07, 6.45) is 0. The Morgan fingerprint density at radius 3 is 1.00 bits per heavy atom. The van der Waals surface area contributed by atoms with E-state index in [0.29, 0.717) is 0 Å². The van der Waals surface area contributed by atoms with Gasteiger partial charge >= 0.3 is 0 Å². The van der Waals surface area contributed by atoms with E-state index < -0.39 is 0 Å². The second-order valence-corrected chi connectivity index (χ2v) is 0. The number of hydrogen-bond donors (Lipinski definition) is 0. The van der Waals surface area contributed by atoms with Crippen molar-refractivity contribution in [1.82, 2.24) is 0 Å². The Hall–Kier alpha value is 1.12. The van der Waals surface area contributed by atoms with Crippen LogP contribution in [-0.4, -0.2) is 8.41 Å². The van der Waals surface area contributed by atoms with E-state index >= 15 is 0 Å². The summed E-state index contributed by atoms with van der Waals surface area (Å²) in [5.41, 5.74) is 0. The molecular formula is C2H10BU. The minimum Gasteiger partial charge on any atom is -0.0776 e. The van der Waals surface area contributed by atoms with Gasteiger partial charge in [-0.25, -0.2) is 0 Å². The molecule has 0 N–H and O–H groups in total. The van der Waals surface area contributed by atoms with E-state index in [1.54, 1.807) is 0 Å². The van der Waals surface area contributed by atoms with Crippen molar-refractivity contribution in [2.24, 2.45) is 0 Å². The van der Waals surface area contributed by atoms with Gasteiger partial charge in [0.15, 0.2) is 0 Å². The van der Waals surface area contributed by atoms with Gasteiger partial charge in [0.25, 0.3) is 0 Å². The fraction of sp³-hybridized carbons (Fsp3) is 1.00. The Balaban J connectivity index is 0. The molecule has 0 aromatic carbocycles. The Kier molecular flexibility index (Phi) is 557. The van der Waals surface area contributed by atoms with Gasteiger partial charge in [0, 0.05) is 41.0 Å². The average Bonchev–Trinajstić information content (AvgIpc) is 0. The van der Waals surface area contributed by atoms with Crippen LogP contribution in [0, 0.1) is 31.1 Å². The van der Waals surface area contributed by atoms with Crippen LogP contribution in [0.2, 0.25) is 0 Å². The van der Waals surface area contributed by atoms with Crippen LogP contribution in [0.4, 0.5) is 0 Å². The second-order valence-electron chi connectivity index (χ2n) is 0. The first-order valence-corrected chi connectivity index (χ1v) is 0. The van der Waals surface area contributed by atoms with Gasteiger partial charge in [-0.15, -0.1) is 0 Å². The molecule has 0 fully saturated rings. The molecule has 25 valence electrons. The quantitative estimate of drug-likeness (QED) is 0.585. The van der Waals surface area contributed by atoms with Crippen molar-refractivity contribution in [1.29, 1.82) is 0 Å². The molecule has 0 amide bonds. The van der Waals surface area contributed by atoms with E-state index in [4.69, 9.17) is 0 Å². The van der Waals surface area contributed by atoms with Gasteiger partial charge in [0.2, 0.25) is 0 Å². The fourth-order valence-corrected chi connectivity index (χ4v) is 0. The molecule has 0 bridgehead atoms. The maximum absolute atomic E-state index is 0. The maximum Gasteiger partial charge on any atom is 0 e. The largest absolute Gasteiger partial charge is 0.0776 e. The van der Waals surface area contributed by atoms with Crippen LogP contribution in [-0.2, 0) is 0 Å². The Morgan fingerprint density at radius 1 is 1.00 bits per heavy atom. The summed E-state index contributed by atoms with van der Waals surface area (Å²) in [7, 11) is 0. The molecule has 0 spiro atoms. The summed E-state index contributed by atoms with van der Waals surface area (Å²) in [5, 5.41) is 0. The molecule has 0 saturated carbocycles. The summed E-state index contributed by atoms with van der Waals surface area (Å²) in [4.78, 5) is 0. The van der Waals surface area contributed by atoms with Gasteiger partial charge in [-0.1, -0.05) is 14.9 Å². The van der Waals surface area contributed by atoms with Gasteiger partial charge in [-0.3, -0.25) is 0 Å². The SMILES string of the molecule is C.C.[3HH].[B].[U]. The zero-order valence-corrected chi connectivity index (χ0v) is 5.24. The summed E-state index contributed by atoms with van der Waals surface area (Å²) >= 11 is 0. The maximum atomic E-state index is 0. The first-order valence-electron chi connectivity index (χ1n) is 0. The third-order valence-electron chi connectivity index (χ3n) is 0. The first-order chi connectivity index (χ1) is 0. The molecule has 0 rings (SSSR count). The molecular weight excluding hydrogens is 273 g/mol. The van der Waals surface area contributed by atoms with Crippen LogP contribution in [0.3, 0.4) is 0 Å². The van der Waals surface area contributed by atoms with Gasteiger partial charge < -0.3 is 0 Å². The molecule has 0 aromatic heterocycles. The normalized spacial score (nSPS) is 0. The van der Waals surface area contributed by atoms with E-state index in [1.165, 1.54) is 0 Å². The van der Waals surface area contributed by atoms with E-state index in [-0.39, 0.29) is 55.8 Å². The van der Waals surface area contributed by atoms with Crippen LogP contribution < -0.4 is 0 Å². The second kappa shape index (κ2) is 32.1. The van der Waals surface area contributed by atoms with Crippen molar-refractivity contribution in [2.75, 3.05) is 0 Å². The summed E-state index contributed by atoms with van der Waals surface area (Å²) in [5.74, 6) is 0. The van der Waals surface area contributed by atoms with Crippen molar-refractivity contribution < 1.29 is 32.5 Å². The summed E-state index contributed by atoms with van der Waals surface area (Å²) in [6, 6.07) is 0. The van der Waals surface area contributed by atoms with Gasteiger partial charge in [0.1, 0.15) is 0 Å². The zero-order chi connectivity index (χ0) is 0. The van der Waals surface area contributed by atoms with Crippen LogP contribution in [0.1, 0.15) is 16.3 Å². The van der Waals surface area contributed by atoms with Gasteiger partial charge in [-0.2, -0.15) is 0 Å². The molecule has 0 aromatic rings. The van der Waals surface area contributed by atoms with Crippen LogP contribution in [0.5, 0.6) is 0 Å². The monoisotopic (exact) mass is 285 g/mol. The van der Waals surface area contributed by atoms with Crippen molar-refractivity contribution in [2.45, 2.75) is 14.9 Å². The van der Waals surface area contributed by atoms with E-state index in [0.717, 1.165) is 0 Å². The standard InChI is InChI=1S/2CH4.B.U.H2/h2*1H4;;;1H/i;;;;1+2. The Labute approximate surface area is 55.8 Å². The molecule has 0 aliphatic rings. The molecule has 0 atom stereocenters. The van der Waals surface area contributed by atoms with Gasteiger partial charge in [-0.05, 0) is 0 Å². The minimum absolute atomic E-state index is 0. The molecule has 2 heteroatoms. The molecule has 0 nitrogen and oxygen atoms in total. The summed E-state index contributed by atoms with van der Waals surface area (Å²) in [6.45, 7) is 0. The summed E-state index contributed by atoms with van der Waals surface area (Å²) < 4.78 is 0. The molecule has 0 heterocycles. The fourth-order valence-electron chi connectivity index (χ4n) is 0. The zero-order valence-electron chi connectivity index (χ0n) is 1.08. The molecule has 3 radical (unpaired) electrons. The van der Waals surface area contributed by atoms with Crippen molar-refractivity contribution in [3.63, 3.8) is 0 Å².